The zero-order valence-electron chi connectivity index (χ0n) is 14.1. The van der Waals surface area contributed by atoms with Crippen molar-refractivity contribution >= 4 is 16.9 Å². The van der Waals surface area contributed by atoms with E-state index in [0.29, 0.717) is 0 Å². The van der Waals surface area contributed by atoms with Gasteiger partial charge in [0.15, 0.2) is 5.65 Å². The van der Waals surface area contributed by atoms with Crippen LogP contribution in [0.15, 0.2) is 30.5 Å². The normalized spacial score (nSPS) is 14.5. The lowest BCUT2D eigenvalue weighted by Gasteiger charge is -2.17. The summed E-state index contributed by atoms with van der Waals surface area (Å²) in [6, 6.07) is 7.86. The number of aromatic nitrogens is 4. The van der Waals surface area contributed by atoms with Crippen LogP contribution in [0.25, 0.3) is 16.7 Å². The fourth-order valence-electron chi connectivity index (χ4n) is 3.18. The average Bonchev–Trinajstić information content (AvgIpc) is 3.30. The average molecular weight is 323 g/mol. The lowest BCUT2D eigenvalue weighted by Crippen LogP contribution is -2.20. The minimum atomic E-state index is 0.810. The van der Waals surface area contributed by atoms with Crippen LogP contribution in [0.2, 0.25) is 0 Å². The first-order chi connectivity index (χ1) is 11.8. The summed E-state index contributed by atoms with van der Waals surface area (Å²) in [5.41, 5.74) is 1.84. The third-order valence-corrected chi connectivity index (χ3v) is 4.49. The second-order valence-electron chi connectivity index (χ2n) is 6.00. The predicted octanol–water partition coefficient (Wildman–Crippen LogP) is 2.99. The molecule has 124 valence electrons. The fraction of sp³-hybridized carbons (Fsp3) is 0.389. The van der Waals surface area contributed by atoms with E-state index in [2.05, 4.69) is 16.9 Å². The minimum Gasteiger partial charge on any atom is -0.497 e. The van der Waals surface area contributed by atoms with Crippen molar-refractivity contribution in [2.24, 2.45) is 0 Å². The molecule has 0 unspecified atom stereocenters. The molecule has 0 atom stereocenters. The Kier molecular flexibility index (Phi) is 3.80. The van der Waals surface area contributed by atoms with E-state index in [4.69, 9.17) is 14.7 Å². The Morgan fingerprint density at radius 1 is 1.08 bits per heavy atom. The van der Waals surface area contributed by atoms with Gasteiger partial charge in [-0.2, -0.15) is 5.10 Å². The molecule has 0 radical (unpaired) electrons. The molecule has 0 aliphatic carbocycles. The first-order valence-electron chi connectivity index (χ1n) is 8.44. The van der Waals surface area contributed by atoms with Crippen LogP contribution in [0.1, 0.15) is 25.6 Å². The fourth-order valence-corrected chi connectivity index (χ4v) is 3.18. The van der Waals surface area contributed by atoms with Gasteiger partial charge in [-0.05, 0) is 37.1 Å². The van der Waals surface area contributed by atoms with E-state index in [1.54, 1.807) is 7.11 Å². The van der Waals surface area contributed by atoms with Crippen molar-refractivity contribution in [3.05, 3.63) is 36.3 Å². The van der Waals surface area contributed by atoms with Crippen LogP contribution in [-0.2, 0) is 6.42 Å². The molecule has 1 aliphatic heterocycles. The number of anilines is 1. The van der Waals surface area contributed by atoms with Crippen molar-refractivity contribution in [3.8, 4) is 11.4 Å². The van der Waals surface area contributed by atoms with Crippen molar-refractivity contribution in [1.29, 1.82) is 0 Å². The van der Waals surface area contributed by atoms with E-state index in [-0.39, 0.29) is 0 Å². The Hall–Kier alpha value is -2.63. The molecule has 1 aliphatic rings. The Morgan fingerprint density at radius 2 is 1.83 bits per heavy atom. The van der Waals surface area contributed by atoms with Crippen LogP contribution in [0.3, 0.4) is 0 Å². The maximum Gasteiger partial charge on any atom is 0.168 e. The van der Waals surface area contributed by atoms with Gasteiger partial charge < -0.3 is 9.64 Å². The van der Waals surface area contributed by atoms with Gasteiger partial charge >= 0.3 is 0 Å². The molecule has 2 aromatic heterocycles. The topological polar surface area (TPSA) is 56.1 Å². The van der Waals surface area contributed by atoms with Crippen molar-refractivity contribution in [2.45, 2.75) is 26.2 Å². The van der Waals surface area contributed by atoms with E-state index in [1.807, 2.05) is 35.1 Å². The Labute approximate surface area is 141 Å². The van der Waals surface area contributed by atoms with E-state index in [0.717, 1.165) is 53.6 Å². The summed E-state index contributed by atoms with van der Waals surface area (Å²) in [6.45, 7) is 4.20. The largest absolute Gasteiger partial charge is 0.497 e. The number of benzene rings is 1. The van der Waals surface area contributed by atoms with Crippen LogP contribution in [0.4, 0.5) is 5.82 Å². The first kappa shape index (κ1) is 14.9. The second kappa shape index (κ2) is 6.11. The summed E-state index contributed by atoms with van der Waals surface area (Å²) in [7, 11) is 1.67. The Bertz CT molecular complexity index is 850. The smallest absolute Gasteiger partial charge is 0.168 e. The second-order valence-corrected chi connectivity index (χ2v) is 6.00. The highest BCUT2D eigenvalue weighted by molar-refractivity contribution is 5.88. The molecule has 6 heteroatoms. The van der Waals surface area contributed by atoms with E-state index >= 15 is 0 Å². The molecular formula is C18H21N5O. The highest BCUT2D eigenvalue weighted by atomic mass is 16.5. The van der Waals surface area contributed by atoms with E-state index < -0.39 is 0 Å². The van der Waals surface area contributed by atoms with Gasteiger partial charge in [0.1, 0.15) is 17.4 Å². The lowest BCUT2D eigenvalue weighted by atomic mass is 10.3. The van der Waals surface area contributed by atoms with Crippen LogP contribution < -0.4 is 9.64 Å². The number of hydrogen-bond donors (Lipinski definition) is 0. The number of fused-ring (bicyclic) bond motifs is 1. The number of ether oxygens (including phenoxy) is 1. The quantitative estimate of drug-likeness (QED) is 0.739. The number of methoxy groups -OCH3 is 1. The molecule has 24 heavy (non-hydrogen) atoms. The summed E-state index contributed by atoms with van der Waals surface area (Å²) in [5, 5.41) is 5.59. The van der Waals surface area contributed by atoms with Crippen molar-refractivity contribution in [1.82, 2.24) is 19.7 Å². The number of hydrogen-bond acceptors (Lipinski definition) is 5. The molecule has 0 N–H and O–H groups in total. The van der Waals surface area contributed by atoms with Gasteiger partial charge in [0.05, 0.1) is 24.4 Å². The van der Waals surface area contributed by atoms with E-state index in [1.165, 1.54) is 12.8 Å². The molecular weight excluding hydrogens is 302 g/mol. The van der Waals surface area contributed by atoms with Crippen molar-refractivity contribution in [2.75, 3.05) is 25.1 Å². The molecule has 3 aromatic rings. The summed E-state index contributed by atoms with van der Waals surface area (Å²) in [4.78, 5) is 11.9. The molecule has 0 spiro atoms. The van der Waals surface area contributed by atoms with Crippen molar-refractivity contribution < 1.29 is 4.74 Å². The number of aryl methyl sites for hydroxylation is 1. The van der Waals surface area contributed by atoms with Gasteiger partial charge in [-0.1, -0.05) is 6.92 Å². The monoisotopic (exact) mass is 323 g/mol. The van der Waals surface area contributed by atoms with Gasteiger partial charge in [-0.3, -0.25) is 0 Å². The van der Waals surface area contributed by atoms with Gasteiger partial charge in [-0.25, -0.2) is 14.6 Å². The molecule has 0 saturated carbocycles. The maximum absolute atomic E-state index is 5.24. The van der Waals surface area contributed by atoms with Crippen molar-refractivity contribution in [3.63, 3.8) is 0 Å². The number of nitrogens with zero attached hydrogens (tertiary/aromatic N) is 5. The zero-order valence-corrected chi connectivity index (χ0v) is 14.1. The standard InChI is InChI=1S/C18H21N5O/c1-3-16-20-17(22-10-4-5-11-22)15-12-19-23(18(15)21-16)13-6-8-14(24-2)9-7-13/h6-9,12H,3-5,10-11H2,1-2H3. The van der Waals surface area contributed by atoms with Gasteiger partial charge in [-0.15, -0.1) is 0 Å². The highest BCUT2D eigenvalue weighted by Gasteiger charge is 2.20. The van der Waals surface area contributed by atoms with Crippen LogP contribution in [0, 0.1) is 0 Å². The summed E-state index contributed by atoms with van der Waals surface area (Å²) >= 11 is 0. The third kappa shape index (κ3) is 2.48. The molecule has 1 saturated heterocycles. The summed E-state index contributed by atoms with van der Waals surface area (Å²) in [6.07, 6.45) is 5.14. The van der Waals surface area contributed by atoms with Gasteiger partial charge in [0.2, 0.25) is 0 Å². The van der Waals surface area contributed by atoms with Crippen LogP contribution >= 0.6 is 0 Å². The molecule has 4 rings (SSSR count). The summed E-state index contributed by atoms with van der Waals surface area (Å²) in [5.74, 6) is 2.71. The molecule has 1 fully saturated rings. The van der Waals surface area contributed by atoms with Crippen LogP contribution in [0.5, 0.6) is 5.75 Å². The number of rotatable bonds is 4. The summed E-state index contributed by atoms with van der Waals surface area (Å²) < 4.78 is 7.12. The SMILES string of the molecule is CCc1nc(N2CCCC2)c2cnn(-c3ccc(OC)cc3)c2n1. The minimum absolute atomic E-state index is 0.810. The van der Waals surface area contributed by atoms with Crippen LogP contribution in [-0.4, -0.2) is 39.9 Å². The Balaban J connectivity index is 1.86. The van der Waals surface area contributed by atoms with Gasteiger partial charge in [0, 0.05) is 19.5 Å². The van der Waals surface area contributed by atoms with Gasteiger partial charge in [0.25, 0.3) is 0 Å². The highest BCUT2D eigenvalue weighted by Crippen LogP contribution is 2.28. The predicted molar refractivity (Wildman–Crippen MR) is 94.0 cm³/mol. The molecule has 0 amide bonds. The molecule has 0 bridgehead atoms. The zero-order chi connectivity index (χ0) is 16.5. The molecule has 6 nitrogen and oxygen atoms in total. The van der Waals surface area contributed by atoms with E-state index in [9.17, 15) is 0 Å². The molecule has 3 heterocycles. The molecule has 1 aromatic carbocycles. The third-order valence-electron chi connectivity index (χ3n) is 4.49. The maximum atomic E-state index is 5.24. The first-order valence-corrected chi connectivity index (χ1v) is 8.44. The Morgan fingerprint density at radius 3 is 2.50 bits per heavy atom. The lowest BCUT2D eigenvalue weighted by molar-refractivity contribution is 0.414.